The zero-order valence-corrected chi connectivity index (χ0v) is 12.4. The summed E-state index contributed by atoms with van der Waals surface area (Å²) >= 11 is 0. The molecule has 2 unspecified atom stereocenters. The van der Waals surface area contributed by atoms with Gasteiger partial charge in [-0.3, -0.25) is 10.1 Å². The summed E-state index contributed by atoms with van der Waals surface area (Å²) < 4.78 is 0. The van der Waals surface area contributed by atoms with Crippen molar-refractivity contribution in [1.82, 2.24) is 0 Å². The third kappa shape index (κ3) is 3.02. The molecular weight excluding hydrogens is 294 g/mol. The molecule has 0 saturated carbocycles. The molecule has 0 spiro atoms. The van der Waals surface area contributed by atoms with E-state index in [1.807, 2.05) is 48.5 Å². The number of hydrogen-bond acceptors (Lipinski definition) is 4. The van der Waals surface area contributed by atoms with Gasteiger partial charge < -0.3 is 10.2 Å². The molecule has 23 heavy (non-hydrogen) atoms. The molecule has 118 valence electrons. The first kappa shape index (κ1) is 15.4. The van der Waals surface area contributed by atoms with Crippen LogP contribution in [0.3, 0.4) is 0 Å². The van der Waals surface area contributed by atoms with Crippen molar-refractivity contribution in [2.24, 2.45) is 0 Å². The molecule has 0 aromatic heterocycles. The van der Waals surface area contributed by atoms with E-state index in [1.165, 1.54) is 0 Å². The first-order valence-electron chi connectivity index (χ1n) is 7.42. The molecule has 0 fully saturated rings. The van der Waals surface area contributed by atoms with E-state index in [0.29, 0.717) is 5.56 Å². The van der Waals surface area contributed by atoms with Gasteiger partial charge in [-0.05, 0) is 39.2 Å². The smallest absolute Gasteiger partial charge is 0.213 e. The second-order valence-corrected chi connectivity index (χ2v) is 5.64. The van der Waals surface area contributed by atoms with Gasteiger partial charge in [0, 0.05) is 4.92 Å². The van der Waals surface area contributed by atoms with Crippen molar-refractivity contribution < 1.29 is 15.1 Å². The minimum atomic E-state index is -1.17. The summed E-state index contributed by atoms with van der Waals surface area (Å²) in [6, 6.07) is 17.5. The Bertz CT molecular complexity index is 862. The quantitative estimate of drug-likeness (QED) is 0.431. The van der Waals surface area contributed by atoms with Gasteiger partial charge in [-0.25, -0.2) is 0 Å². The molecule has 2 atom stereocenters. The predicted molar refractivity (Wildman–Crippen MR) is 89.1 cm³/mol. The van der Waals surface area contributed by atoms with Crippen molar-refractivity contribution in [1.29, 1.82) is 0 Å². The first-order chi connectivity index (χ1) is 11.1. The van der Waals surface area contributed by atoms with Gasteiger partial charge in [0.1, 0.15) is 0 Å². The predicted octanol–water partition coefficient (Wildman–Crippen LogP) is 2.71. The van der Waals surface area contributed by atoms with Gasteiger partial charge in [0.05, 0.1) is 18.6 Å². The van der Waals surface area contributed by atoms with Crippen molar-refractivity contribution >= 4 is 21.5 Å². The molecule has 0 radical (unpaired) electrons. The first-order valence-corrected chi connectivity index (χ1v) is 7.42. The molecule has 0 aliphatic carbocycles. The molecule has 0 saturated heterocycles. The van der Waals surface area contributed by atoms with Crippen LogP contribution in [0.5, 0.6) is 0 Å². The fraction of sp³-hybridized carbons (Fsp3) is 0.222. The van der Waals surface area contributed by atoms with Crippen LogP contribution < -0.4 is 0 Å². The minimum Gasteiger partial charge on any atom is -0.394 e. The van der Waals surface area contributed by atoms with E-state index >= 15 is 0 Å². The normalized spacial score (nSPS) is 14.0. The highest BCUT2D eigenvalue weighted by atomic mass is 16.6. The van der Waals surface area contributed by atoms with Crippen molar-refractivity contribution in [3.05, 3.63) is 70.3 Å². The fourth-order valence-corrected chi connectivity index (χ4v) is 3.03. The summed E-state index contributed by atoms with van der Waals surface area (Å²) in [5, 5.41) is 34.2. The Morgan fingerprint density at radius 1 is 1.00 bits per heavy atom. The zero-order chi connectivity index (χ0) is 16.4. The Balaban J connectivity index is 2.22. The van der Waals surface area contributed by atoms with Crippen molar-refractivity contribution in [3.8, 4) is 0 Å². The van der Waals surface area contributed by atoms with Crippen molar-refractivity contribution in [2.45, 2.75) is 12.0 Å². The van der Waals surface area contributed by atoms with E-state index in [9.17, 15) is 20.3 Å². The van der Waals surface area contributed by atoms with Crippen LogP contribution in [0.1, 0.15) is 11.5 Å². The Hall–Kier alpha value is -2.50. The van der Waals surface area contributed by atoms with Gasteiger partial charge in [-0.2, -0.15) is 0 Å². The number of nitrogens with zero attached hydrogens (tertiary/aromatic N) is 1. The Morgan fingerprint density at radius 3 is 2.30 bits per heavy atom. The maximum atomic E-state index is 11.0. The molecule has 0 amide bonds. The van der Waals surface area contributed by atoms with Gasteiger partial charge in [-0.1, -0.05) is 42.5 Å². The van der Waals surface area contributed by atoms with Crippen LogP contribution in [-0.4, -0.2) is 34.4 Å². The highest BCUT2D eigenvalue weighted by molar-refractivity contribution is 5.99. The van der Waals surface area contributed by atoms with Crippen LogP contribution in [0.15, 0.2) is 54.6 Å². The summed E-state index contributed by atoms with van der Waals surface area (Å²) in [5.74, 6) is -0.750. The molecule has 3 rings (SSSR count). The summed E-state index contributed by atoms with van der Waals surface area (Å²) in [5.41, 5.74) is 0.687. The SMILES string of the molecule is O=[N+]([O-])CC(c1cccc2cc3ccccc3cc12)C(O)CO. The lowest BCUT2D eigenvalue weighted by Crippen LogP contribution is -2.28. The van der Waals surface area contributed by atoms with Crippen LogP contribution in [0.2, 0.25) is 0 Å². The lowest BCUT2D eigenvalue weighted by atomic mass is 9.88. The third-order valence-electron chi connectivity index (χ3n) is 4.18. The summed E-state index contributed by atoms with van der Waals surface area (Å²) in [6.07, 6.45) is -1.17. The molecule has 3 aromatic carbocycles. The van der Waals surface area contributed by atoms with Crippen LogP contribution in [-0.2, 0) is 0 Å². The summed E-state index contributed by atoms with van der Waals surface area (Å²) in [7, 11) is 0. The minimum absolute atomic E-state index is 0.423. The molecule has 0 aliphatic heterocycles. The number of rotatable bonds is 5. The Morgan fingerprint density at radius 2 is 1.65 bits per heavy atom. The van der Waals surface area contributed by atoms with Gasteiger partial charge in [0.25, 0.3) is 0 Å². The molecule has 5 nitrogen and oxygen atoms in total. The van der Waals surface area contributed by atoms with E-state index in [2.05, 4.69) is 0 Å². The molecule has 3 aromatic rings. The fourth-order valence-electron chi connectivity index (χ4n) is 3.03. The van der Waals surface area contributed by atoms with E-state index in [0.717, 1.165) is 21.5 Å². The van der Waals surface area contributed by atoms with Crippen LogP contribution in [0, 0.1) is 10.1 Å². The topological polar surface area (TPSA) is 83.6 Å². The number of aliphatic hydroxyl groups is 2. The van der Waals surface area contributed by atoms with E-state index in [1.54, 1.807) is 6.07 Å². The van der Waals surface area contributed by atoms with Gasteiger partial charge >= 0.3 is 0 Å². The second kappa shape index (κ2) is 6.32. The Labute approximate surface area is 132 Å². The monoisotopic (exact) mass is 311 g/mol. The second-order valence-electron chi connectivity index (χ2n) is 5.64. The Kier molecular flexibility index (Phi) is 4.23. The van der Waals surface area contributed by atoms with Crippen molar-refractivity contribution in [2.75, 3.05) is 13.2 Å². The number of hydrogen-bond donors (Lipinski definition) is 2. The van der Waals surface area contributed by atoms with Crippen molar-refractivity contribution in [3.63, 3.8) is 0 Å². The average Bonchev–Trinajstić information content (AvgIpc) is 2.56. The maximum absolute atomic E-state index is 11.0. The number of nitro groups is 1. The number of benzene rings is 3. The molecule has 0 bridgehead atoms. The maximum Gasteiger partial charge on any atom is 0.213 e. The van der Waals surface area contributed by atoms with E-state index in [4.69, 9.17) is 0 Å². The standard InChI is InChI=1S/C18H17NO4/c20-11-18(21)17(10-19(22)23)15-7-3-6-14-8-12-4-1-2-5-13(12)9-16(14)15/h1-9,17-18,20-21H,10-11H2. The van der Waals surface area contributed by atoms with E-state index < -0.39 is 30.1 Å². The van der Waals surface area contributed by atoms with Gasteiger partial charge in [0.2, 0.25) is 6.54 Å². The number of fused-ring (bicyclic) bond motifs is 2. The lowest BCUT2D eigenvalue weighted by Gasteiger charge is -2.20. The van der Waals surface area contributed by atoms with Gasteiger partial charge in [0.15, 0.2) is 0 Å². The molecule has 5 heteroatoms. The average molecular weight is 311 g/mol. The third-order valence-corrected chi connectivity index (χ3v) is 4.18. The zero-order valence-electron chi connectivity index (χ0n) is 12.4. The van der Waals surface area contributed by atoms with Crippen LogP contribution in [0.4, 0.5) is 0 Å². The van der Waals surface area contributed by atoms with Gasteiger partial charge in [-0.15, -0.1) is 0 Å². The largest absolute Gasteiger partial charge is 0.394 e. The summed E-state index contributed by atoms with van der Waals surface area (Å²) in [6.45, 7) is -0.934. The molecular formula is C18H17NO4. The van der Waals surface area contributed by atoms with Crippen LogP contribution >= 0.6 is 0 Å². The molecule has 0 heterocycles. The highest BCUT2D eigenvalue weighted by Gasteiger charge is 2.27. The lowest BCUT2D eigenvalue weighted by molar-refractivity contribution is -0.485. The molecule has 0 aliphatic rings. The molecule has 2 N–H and O–H groups in total. The van der Waals surface area contributed by atoms with E-state index in [-0.39, 0.29) is 0 Å². The number of aliphatic hydroxyl groups excluding tert-OH is 2. The summed E-state index contributed by atoms with van der Waals surface area (Å²) in [4.78, 5) is 10.5. The highest BCUT2D eigenvalue weighted by Crippen LogP contribution is 2.31. The van der Waals surface area contributed by atoms with Crippen LogP contribution in [0.25, 0.3) is 21.5 Å².